The molecular weight excluding hydrogens is 487 g/mol. The van der Waals surface area contributed by atoms with Crippen LogP contribution in [0.2, 0.25) is 5.02 Å². The molecule has 1 aliphatic rings. The number of aromatic nitrogens is 2. The summed E-state index contributed by atoms with van der Waals surface area (Å²) >= 11 is 6.31. The first-order chi connectivity index (χ1) is 16.8. The number of fused-ring (bicyclic) bond motifs is 3. The summed E-state index contributed by atoms with van der Waals surface area (Å²) in [7, 11) is -3.11. The van der Waals surface area contributed by atoms with Crippen molar-refractivity contribution in [2.75, 3.05) is 11.6 Å². The van der Waals surface area contributed by atoms with Crippen molar-refractivity contribution in [3.63, 3.8) is 0 Å². The van der Waals surface area contributed by atoms with Crippen LogP contribution >= 0.6 is 11.6 Å². The van der Waals surface area contributed by atoms with E-state index < -0.39 is 9.84 Å². The topological polar surface area (TPSA) is 84.3 Å². The van der Waals surface area contributed by atoms with Gasteiger partial charge in [0.25, 0.3) is 0 Å². The zero-order chi connectivity index (χ0) is 24.6. The molecule has 0 fully saturated rings. The molecule has 4 aromatic rings. The summed E-state index contributed by atoms with van der Waals surface area (Å²) in [6.45, 7) is 0.284. The molecule has 0 amide bonds. The number of anilines is 2. The summed E-state index contributed by atoms with van der Waals surface area (Å²) in [5.74, 6) is -0.0162. The number of hydrogen-bond acceptors (Lipinski definition) is 6. The van der Waals surface area contributed by atoms with Crippen LogP contribution in [-0.2, 0) is 22.1 Å². The Morgan fingerprint density at radius 3 is 2.51 bits per heavy atom. The summed E-state index contributed by atoms with van der Waals surface area (Å²) in [6.07, 6.45) is 2.91. The maximum absolute atomic E-state index is 14.7. The standard InChI is InChI=1S/C26H20ClFN4O2S/c1-35(33,34)15-16-6-9-19(10-7-16)31-26-30-14-17-13-29-25(21-4-2-3-5-23(21)28)22-12-18(27)8-11-20(22)24(17)32-26/h2-12,14H,13,15H2,1H3,(H,30,31,32). The fourth-order valence-electron chi connectivity index (χ4n) is 3.98. The minimum atomic E-state index is -3.11. The number of nitrogens with one attached hydrogen (secondary N) is 1. The van der Waals surface area contributed by atoms with Gasteiger partial charge in [0.2, 0.25) is 5.95 Å². The largest absolute Gasteiger partial charge is 0.324 e. The second-order valence-corrected chi connectivity index (χ2v) is 10.9. The highest BCUT2D eigenvalue weighted by atomic mass is 35.5. The van der Waals surface area contributed by atoms with Gasteiger partial charge in [-0.3, -0.25) is 4.99 Å². The SMILES string of the molecule is CS(=O)(=O)Cc1ccc(Nc2ncc3c(n2)-c2ccc(Cl)cc2C(c2ccccc2F)=NC3)cc1. The second kappa shape index (κ2) is 9.20. The summed E-state index contributed by atoms with van der Waals surface area (Å²) in [4.78, 5) is 13.9. The third-order valence-corrected chi connectivity index (χ3v) is 6.62. The molecular formula is C26H20ClFN4O2S. The van der Waals surface area contributed by atoms with E-state index in [0.29, 0.717) is 39.1 Å². The molecule has 6 nitrogen and oxygen atoms in total. The fourth-order valence-corrected chi connectivity index (χ4v) is 4.95. The molecule has 1 aliphatic heterocycles. The number of halogens is 2. The minimum Gasteiger partial charge on any atom is -0.324 e. The van der Waals surface area contributed by atoms with Crippen LogP contribution in [0.4, 0.5) is 16.0 Å². The number of sulfone groups is 1. The molecule has 5 rings (SSSR count). The highest BCUT2D eigenvalue weighted by Gasteiger charge is 2.23. The monoisotopic (exact) mass is 506 g/mol. The highest BCUT2D eigenvalue weighted by Crippen LogP contribution is 2.34. The Morgan fingerprint density at radius 1 is 1.00 bits per heavy atom. The van der Waals surface area contributed by atoms with Gasteiger partial charge in [-0.25, -0.2) is 22.8 Å². The van der Waals surface area contributed by atoms with Gasteiger partial charge in [0.15, 0.2) is 9.84 Å². The Hall–Kier alpha value is -3.62. The summed E-state index contributed by atoms with van der Waals surface area (Å²) in [6, 6.07) is 19.0. The Morgan fingerprint density at radius 2 is 1.77 bits per heavy atom. The van der Waals surface area contributed by atoms with Crippen LogP contribution in [0.3, 0.4) is 0 Å². The molecule has 3 aromatic carbocycles. The molecule has 0 atom stereocenters. The third kappa shape index (κ3) is 5.08. The molecule has 35 heavy (non-hydrogen) atoms. The van der Waals surface area contributed by atoms with Crippen LogP contribution in [0.25, 0.3) is 11.3 Å². The van der Waals surface area contributed by atoms with Crippen molar-refractivity contribution in [3.05, 3.63) is 106 Å². The maximum Gasteiger partial charge on any atom is 0.227 e. The first-order valence-electron chi connectivity index (χ1n) is 10.8. The number of aliphatic imine (C=N–C) groups is 1. The zero-order valence-corrected chi connectivity index (χ0v) is 20.2. The molecule has 0 bridgehead atoms. The quantitative estimate of drug-likeness (QED) is 0.382. The van der Waals surface area contributed by atoms with Crippen molar-refractivity contribution in [2.45, 2.75) is 12.3 Å². The van der Waals surface area contributed by atoms with E-state index in [2.05, 4.69) is 10.3 Å². The molecule has 9 heteroatoms. The maximum atomic E-state index is 14.7. The summed E-state index contributed by atoms with van der Waals surface area (Å²) in [5, 5.41) is 3.68. The molecule has 2 heterocycles. The molecule has 1 aromatic heterocycles. The van der Waals surface area contributed by atoms with Gasteiger partial charge in [-0.05, 0) is 42.0 Å². The van der Waals surface area contributed by atoms with Crippen molar-refractivity contribution >= 4 is 38.8 Å². The van der Waals surface area contributed by atoms with Crippen LogP contribution in [0.1, 0.15) is 22.3 Å². The molecule has 0 radical (unpaired) electrons. The third-order valence-electron chi connectivity index (χ3n) is 5.53. The van der Waals surface area contributed by atoms with Crippen molar-refractivity contribution in [1.82, 2.24) is 9.97 Å². The van der Waals surface area contributed by atoms with Crippen molar-refractivity contribution in [2.24, 2.45) is 4.99 Å². The van der Waals surface area contributed by atoms with Gasteiger partial charge in [-0.15, -0.1) is 0 Å². The van der Waals surface area contributed by atoms with E-state index in [-0.39, 0.29) is 18.1 Å². The molecule has 0 spiro atoms. The van der Waals surface area contributed by atoms with Gasteiger partial charge in [0.05, 0.1) is 23.7 Å². The Bertz CT molecular complexity index is 1570. The van der Waals surface area contributed by atoms with Crippen LogP contribution in [0.5, 0.6) is 0 Å². The van der Waals surface area contributed by atoms with Crippen LogP contribution in [-0.4, -0.2) is 30.4 Å². The molecule has 0 saturated carbocycles. The second-order valence-electron chi connectivity index (χ2n) is 8.29. The van der Waals surface area contributed by atoms with E-state index in [1.807, 2.05) is 6.07 Å². The Kier molecular flexibility index (Phi) is 6.08. The normalized spacial score (nSPS) is 12.8. The van der Waals surface area contributed by atoms with Crippen molar-refractivity contribution in [1.29, 1.82) is 0 Å². The number of nitrogens with zero attached hydrogens (tertiary/aromatic N) is 3. The van der Waals surface area contributed by atoms with E-state index in [0.717, 1.165) is 16.8 Å². The van der Waals surface area contributed by atoms with Crippen LogP contribution in [0, 0.1) is 5.82 Å². The van der Waals surface area contributed by atoms with Gasteiger partial charge in [0, 0.05) is 45.4 Å². The molecule has 1 N–H and O–H groups in total. The highest BCUT2D eigenvalue weighted by molar-refractivity contribution is 7.89. The fraction of sp³-hybridized carbons (Fsp3) is 0.115. The average Bonchev–Trinajstić information content (AvgIpc) is 2.96. The Labute approximate surface area is 207 Å². The van der Waals surface area contributed by atoms with Gasteiger partial charge < -0.3 is 5.32 Å². The number of hydrogen-bond donors (Lipinski definition) is 1. The van der Waals surface area contributed by atoms with E-state index in [1.165, 1.54) is 12.3 Å². The minimum absolute atomic E-state index is 0.0215. The van der Waals surface area contributed by atoms with E-state index in [4.69, 9.17) is 21.6 Å². The van der Waals surface area contributed by atoms with Gasteiger partial charge in [0.1, 0.15) is 5.82 Å². The smallest absolute Gasteiger partial charge is 0.227 e. The lowest BCUT2D eigenvalue weighted by Crippen LogP contribution is -2.07. The Balaban J connectivity index is 1.52. The lowest BCUT2D eigenvalue weighted by Gasteiger charge is -2.13. The predicted molar refractivity (Wildman–Crippen MR) is 136 cm³/mol. The average molecular weight is 507 g/mol. The summed E-state index contributed by atoms with van der Waals surface area (Å²) in [5.41, 5.74) is 5.26. The van der Waals surface area contributed by atoms with E-state index >= 15 is 0 Å². The van der Waals surface area contributed by atoms with Gasteiger partial charge >= 0.3 is 0 Å². The van der Waals surface area contributed by atoms with Crippen LogP contribution in [0.15, 0.2) is 77.9 Å². The molecule has 0 unspecified atom stereocenters. The van der Waals surface area contributed by atoms with Gasteiger partial charge in [-0.2, -0.15) is 0 Å². The van der Waals surface area contributed by atoms with E-state index in [1.54, 1.807) is 60.8 Å². The van der Waals surface area contributed by atoms with Crippen LogP contribution < -0.4 is 5.32 Å². The molecule has 0 saturated heterocycles. The first-order valence-corrected chi connectivity index (χ1v) is 13.2. The van der Waals surface area contributed by atoms with Crippen molar-refractivity contribution in [3.8, 4) is 11.3 Å². The summed E-state index contributed by atoms with van der Waals surface area (Å²) < 4.78 is 37.7. The predicted octanol–water partition coefficient (Wildman–Crippen LogP) is 5.58. The van der Waals surface area contributed by atoms with E-state index in [9.17, 15) is 12.8 Å². The van der Waals surface area contributed by atoms with Crippen molar-refractivity contribution < 1.29 is 12.8 Å². The lowest BCUT2D eigenvalue weighted by atomic mass is 9.95. The zero-order valence-electron chi connectivity index (χ0n) is 18.7. The molecule has 0 aliphatic carbocycles. The first kappa shape index (κ1) is 23.1. The molecule has 176 valence electrons. The number of benzene rings is 3. The van der Waals surface area contributed by atoms with Gasteiger partial charge in [-0.1, -0.05) is 41.9 Å². The lowest BCUT2D eigenvalue weighted by molar-refractivity contribution is 0.601. The number of rotatable bonds is 5.